The largest absolute Gasteiger partial charge is 1.00 e. The Kier molecular flexibility index (Phi) is 48.6. The SMILES string of the molecule is COCCOCCOC.OCCO.[Na+].[OH-]. The zero-order valence-electron chi connectivity index (χ0n) is 9.81. The summed E-state index contributed by atoms with van der Waals surface area (Å²) in [5.41, 5.74) is 0. The fourth-order valence-electron chi connectivity index (χ4n) is 0.387. The van der Waals surface area contributed by atoms with Crippen molar-refractivity contribution in [2.45, 2.75) is 0 Å². The van der Waals surface area contributed by atoms with Crippen molar-refractivity contribution in [1.29, 1.82) is 0 Å². The van der Waals surface area contributed by atoms with Crippen LogP contribution >= 0.6 is 0 Å². The van der Waals surface area contributed by atoms with Crippen LogP contribution in [-0.2, 0) is 14.2 Å². The van der Waals surface area contributed by atoms with E-state index in [2.05, 4.69) is 0 Å². The zero-order valence-corrected chi connectivity index (χ0v) is 11.8. The quantitative estimate of drug-likeness (QED) is 0.346. The van der Waals surface area contributed by atoms with E-state index in [1.54, 1.807) is 14.2 Å². The molecular weight excluding hydrogens is 215 g/mol. The van der Waals surface area contributed by atoms with E-state index in [0.717, 1.165) is 0 Å². The summed E-state index contributed by atoms with van der Waals surface area (Å²) in [7, 11) is 3.30. The summed E-state index contributed by atoms with van der Waals surface area (Å²) in [5.74, 6) is 0. The van der Waals surface area contributed by atoms with E-state index < -0.39 is 0 Å². The summed E-state index contributed by atoms with van der Waals surface area (Å²) >= 11 is 0. The topological polar surface area (TPSA) is 98.2 Å². The van der Waals surface area contributed by atoms with E-state index in [0.29, 0.717) is 26.4 Å². The van der Waals surface area contributed by atoms with Crippen LogP contribution in [0.3, 0.4) is 0 Å². The minimum Gasteiger partial charge on any atom is -0.870 e. The number of methoxy groups -OCH3 is 2. The molecule has 0 atom stereocenters. The summed E-state index contributed by atoms with van der Waals surface area (Å²) < 4.78 is 14.6. The second kappa shape index (κ2) is 29.3. The predicted molar refractivity (Wildman–Crippen MR) is 50.7 cm³/mol. The molecule has 0 aliphatic carbocycles. The van der Waals surface area contributed by atoms with Gasteiger partial charge in [0.2, 0.25) is 0 Å². The van der Waals surface area contributed by atoms with Crippen LogP contribution in [-0.4, -0.2) is 69.6 Å². The molecule has 15 heavy (non-hydrogen) atoms. The average molecular weight is 236 g/mol. The Balaban J connectivity index is -0.0000000883. The molecule has 6 nitrogen and oxygen atoms in total. The standard InChI is InChI=1S/C6H14O3.C2H6O2.Na.H2O/c1-7-3-5-9-6-4-8-2;3-1-2-4;;/h3-6H2,1-2H3;3-4H,1-2H2;;1H2/q;;+1;/p-1. The van der Waals surface area contributed by atoms with Crippen molar-refractivity contribution in [2.24, 2.45) is 0 Å². The van der Waals surface area contributed by atoms with Gasteiger partial charge in [-0.3, -0.25) is 0 Å². The average Bonchev–Trinajstić information content (AvgIpc) is 2.18. The molecular formula is C8H21NaO6. The van der Waals surface area contributed by atoms with E-state index in [1.165, 1.54) is 0 Å². The summed E-state index contributed by atoms with van der Waals surface area (Å²) in [5, 5.41) is 15.2. The van der Waals surface area contributed by atoms with Gasteiger partial charge in [-0.25, -0.2) is 0 Å². The van der Waals surface area contributed by atoms with Crippen LogP contribution in [0.2, 0.25) is 0 Å². The van der Waals surface area contributed by atoms with Crippen LogP contribution in [0.25, 0.3) is 0 Å². The molecule has 0 heterocycles. The second-order valence-corrected chi connectivity index (χ2v) is 2.05. The third-order valence-corrected chi connectivity index (χ3v) is 0.964. The third-order valence-electron chi connectivity index (χ3n) is 0.964. The van der Waals surface area contributed by atoms with Gasteiger partial charge >= 0.3 is 29.6 Å². The molecule has 0 spiro atoms. The number of aliphatic hydroxyl groups is 2. The summed E-state index contributed by atoms with van der Waals surface area (Å²) in [6.45, 7) is 2.37. The van der Waals surface area contributed by atoms with Crippen LogP contribution in [0.15, 0.2) is 0 Å². The molecule has 90 valence electrons. The van der Waals surface area contributed by atoms with Crippen LogP contribution < -0.4 is 29.6 Å². The molecule has 0 fully saturated rings. The van der Waals surface area contributed by atoms with Crippen LogP contribution in [0, 0.1) is 0 Å². The maximum absolute atomic E-state index is 7.62. The summed E-state index contributed by atoms with van der Waals surface area (Å²) in [4.78, 5) is 0. The Labute approximate surface area is 113 Å². The molecule has 0 rings (SSSR count). The molecule has 7 heteroatoms. The van der Waals surface area contributed by atoms with Gasteiger partial charge in [-0.05, 0) is 0 Å². The third kappa shape index (κ3) is 39.9. The summed E-state index contributed by atoms with van der Waals surface area (Å²) in [6.07, 6.45) is 0. The van der Waals surface area contributed by atoms with Gasteiger partial charge in [0.25, 0.3) is 0 Å². The number of aliphatic hydroxyl groups excluding tert-OH is 2. The van der Waals surface area contributed by atoms with E-state index in [4.69, 9.17) is 24.4 Å². The minimum atomic E-state index is -0.125. The van der Waals surface area contributed by atoms with Gasteiger partial charge in [0.1, 0.15) is 0 Å². The summed E-state index contributed by atoms with van der Waals surface area (Å²) in [6, 6.07) is 0. The van der Waals surface area contributed by atoms with Gasteiger partial charge < -0.3 is 29.9 Å². The first-order chi connectivity index (χ1) is 6.33. The zero-order chi connectivity index (χ0) is 10.4. The van der Waals surface area contributed by atoms with Crippen LogP contribution in [0.1, 0.15) is 0 Å². The van der Waals surface area contributed by atoms with Crippen molar-refractivity contribution in [3.63, 3.8) is 0 Å². The van der Waals surface area contributed by atoms with Gasteiger partial charge in [0.05, 0.1) is 39.6 Å². The maximum Gasteiger partial charge on any atom is 1.00 e. The molecule has 3 N–H and O–H groups in total. The number of hydrogen-bond acceptors (Lipinski definition) is 6. The molecule has 0 radical (unpaired) electrons. The molecule has 0 amide bonds. The van der Waals surface area contributed by atoms with Crippen molar-refractivity contribution < 1.29 is 59.5 Å². The van der Waals surface area contributed by atoms with Crippen molar-refractivity contribution in [2.75, 3.05) is 53.9 Å². The van der Waals surface area contributed by atoms with Crippen molar-refractivity contribution in [3.05, 3.63) is 0 Å². The van der Waals surface area contributed by atoms with Gasteiger partial charge in [-0.1, -0.05) is 0 Å². The molecule has 0 aromatic rings. The smallest absolute Gasteiger partial charge is 0.870 e. The van der Waals surface area contributed by atoms with Crippen molar-refractivity contribution in [1.82, 2.24) is 0 Å². The Hall–Kier alpha value is 0.760. The van der Waals surface area contributed by atoms with E-state index in [9.17, 15) is 0 Å². The first-order valence-electron chi connectivity index (χ1n) is 4.10. The fourth-order valence-corrected chi connectivity index (χ4v) is 0.387. The first kappa shape index (κ1) is 24.8. The van der Waals surface area contributed by atoms with Gasteiger partial charge in [-0.2, -0.15) is 0 Å². The second-order valence-electron chi connectivity index (χ2n) is 2.05. The number of ether oxygens (including phenoxy) is 3. The van der Waals surface area contributed by atoms with E-state index in [1.807, 2.05) is 0 Å². The first-order valence-corrected chi connectivity index (χ1v) is 4.10. The molecule has 0 aliphatic rings. The molecule has 0 saturated heterocycles. The predicted octanol–water partition coefficient (Wildman–Crippen LogP) is -3.91. The monoisotopic (exact) mass is 236 g/mol. The molecule has 0 aromatic carbocycles. The van der Waals surface area contributed by atoms with Crippen LogP contribution in [0.4, 0.5) is 0 Å². The van der Waals surface area contributed by atoms with Crippen LogP contribution in [0.5, 0.6) is 0 Å². The fraction of sp³-hybridized carbons (Fsp3) is 1.00. The van der Waals surface area contributed by atoms with Gasteiger partial charge in [-0.15, -0.1) is 0 Å². The number of hydrogen-bond donors (Lipinski definition) is 2. The van der Waals surface area contributed by atoms with E-state index >= 15 is 0 Å². The molecule has 0 aromatic heterocycles. The normalized spacial score (nSPS) is 8.00. The minimum absolute atomic E-state index is 0. The van der Waals surface area contributed by atoms with Crippen molar-refractivity contribution in [3.8, 4) is 0 Å². The van der Waals surface area contributed by atoms with Crippen molar-refractivity contribution >= 4 is 0 Å². The van der Waals surface area contributed by atoms with Gasteiger partial charge in [0.15, 0.2) is 0 Å². The Morgan fingerprint density at radius 1 is 0.800 bits per heavy atom. The molecule has 0 saturated carbocycles. The Bertz CT molecular complexity index is 68.2. The molecule has 0 unspecified atom stereocenters. The maximum atomic E-state index is 7.62. The Morgan fingerprint density at radius 3 is 1.33 bits per heavy atom. The molecule has 0 aliphatic heterocycles. The number of rotatable bonds is 7. The van der Waals surface area contributed by atoms with E-state index in [-0.39, 0.29) is 48.2 Å². The molecule has 0 bridgehead atoms. The van der Waals surface area contributed by atoms with Gasteiger partial charge in [0, 0.05) is 14.2 Å². The Morgan fingerprint density at radius 2 is 1.13 bits per heavy atom.